The first-order valence-electron chi connectivity index (χ1n) is 6.79. The van der Waals surface area contributed by atoms with Gasteiger partial charge in [-0.05, 0) is 39.0 Å². The maximum Gasteiger partial charge on any atom is 0.142 e. The molecular weight excluding hydrogens is 274 g/mol. The van der Waals surface area contributed by atoms with Crippen molar-refractivity contribution in [3.8, 4) is 5.75 Å². The predicted octanol–water partition coefficient (Wildman–Crippen LogP) is 4.13. The number of anilines is 1. The van der Waals surface area contributed by atoms with Gasteiger partial charge in [-0.3, -0.25) is 4.68 Å². The van der Waals surface area contributed by atoms with E-state index in [1.54, 1.807) is 0 Å². The van der Waals surface area contributed by atoms with Crippen LogP contribution in [0.15, 0.2) is 30.6 Å². The molecule has 0 bridgehead atoms. The van der Waals surface area contributed by atoms with Crippen molar-refractivity contribution >= 4 is 17.3 Å². The number of rotatable bonds is 6. The molecule has 5 heteroatoms. The largest absolute Gasteiger partial charge is 0.492 e. The average Bonchev–Trinajstić information content (AvgIpc) is 2.88. The van der Waals surface area contributed by atoms with Crippen molar-refractivity contribution in [1.82, 2.24) is 9.78 Å². The molecule has 0 saturated heterocycles. The van der Waals surface area contributed by atoms with E-state index in [2.05, 4.69) is 24.3 Å². The molecule has 0 unspecified atom stereocenters. The highest BCUT2D eigenvalue weighted by molar-refractivity contribution is 6.30. The fourth-order valence-corrected chi connectivity index (χ4v) is 2.04. The Balaban J connectivity index is 2.07. The number of aromatic nitrogens is 2. The second-order valence-electron chi connectivity index (χ2n) is 4.85. The summed E-state index contributed by atoms with van der Waals surface area (Å²) in [7, 11) is 0. The molecule has 0 amide bonds. The van der Waals surface area contributed by atoms with Crippen LogP contribution in [0.5, 0.6) is 5.75 Å². The molecule has 0 atom stereocenters. The summed E-state index contributed by atoms with van der Waals surface area (Å²) in [6, 6.07) is 5.95. The summed E-state index contributed by atoms with van der Waals surface area (Å²) in [6.45, 7) is 7.49. The average molecular weight is 294 g/mol. The van der Waals surface area contributed by atoms with Crippen molar-refractivity contribution in [1.29, 1.82) is 0 Å². The summed E-state index contributed by atoms with van der Waals surface area (Å²) in [5, 5.41) is 8.36. The first kappa shape index (κ1) is 14.7. The summed E-state index contributed by atoms with van der Waals surface area (Å²) in [5.41, 5.74) is 2.03. The Bertz CT molecular complexity index is 566. The zero-order valence-electron chi connectivity index (χ0n) is 12.1. The lowest BCUT2D eigenvalue weighted by Gasteiger charge is -2.12. The Morgan fingerprint density at radius 2 is 2.20 bits per heavy atom. The summed E-state index contributed by atoms with van der Waals surface area (Å²) in [5.74, 6) is 0.813. The molecule has 0 aliphatic carbocycles. The van der Waals surface area contributed by atoms with E-state index >= 15 is 0 Å². The number of nitrogens with zero attached hydrogens (tertiary/aromatic N) is 2. The molecule has 0 saturated carbocycles. The van der Waals surface area contributed by atoms with Gasteiger partial charge in [-0.15, -0.1) is 0 Å². The Kier molecular flexibility index (Phi) is 4.90. The topological polar surface area (TPSA) is 39.1 Å². The summed E-state index contributed by atoms with van der Waals surface area (Å²) >= 11 is 6.03. The van der Waals surface area contributed by atoms with Gasteiger partial charge in [-0.25, -0.2) is 0 Å². The maximum atomic E-state index is 6.03. The number of ether oxygens (including phenoxy) is 1. The fraction of sp³-hybridized carbons (Fsp3) is 0.400. The standard InChI is InChI=1S/C15H20ClN3O/c1-4-20-15-6-5-13(16)7-14(15)17-8-12-9-18-19(10-12)11(2)3/h5-7,9-11,17H,4,8H2,1-3H3. The van der Waals surface area contributed by atoms with Crippen LogP contribution in [0.25, 0.3) is 0 Å². The molecule has 0 spiro atoms. The van der Waals surface area contributed by atoms with Crippen LogP contribution < -0.4 is 10.1 Å². The third-order valence-electron chi connectivity index (χ3n) is 2.91. The highest BCUT2D eigenvalue weighted by Crippen LogP contribution is 2.28. The van der Waals surface area contributed by atoms with Crippen LogP contribution >= 0.6 is 11.6 Å². The molecule has 4 nitrogen and oxygen atoms in total. The van der Waals surface area contributed by atoms with Crippen LogP contribution in [-0.2, 0) is 6.54 Å². The van der Waals surface area contributed by atoms with E-state index in [1.807, 2.05) is 42.2 Å². The molecule has 1 N–H and O–H groups in total. The van der Waals surface area contributed by atoms with Crippen molar-refractivity contribution in [2.45, 2.75) is 33.4 Å². The molecule has 1 aromatic heterocycles. The molecule has 2 rings (SSSR count). The van der Waals surface area contributed by atoms with Gasteiger partial charge in [0.2, 0.25) is 0 Å². The van der Waals surface area contributed by atoms with Crippen LogP contribution in [0.2, 0.25) is 5.02 Å². The minimum atomic E-state index is 0.369. The molecule has 1 heterocycles. The second kappa shape index (κ2) is 6.66. The Hall–Kier alpha value is -1.68. The van der Waals surface area contributed by atoms with E-state index in [0.717, 1.165) is 17.0 Å². The lowest BCUT2D eigenvalue weighted by Crippen LogP contribution is -2.03. The first-order valence-corrected chi connectivity index (χ1v) is 7.17. The van der Waals surface area contributed by atoms with Crippen molar-refractivity contribution in [2.75, 3.05) is 11.9 Å². The summed E-state index contributed by atoms with van der Waals surface area (Å²) in [4.78, 5) is 0. The van der Waals surface area contributed by atoms with Gasteiger partial charge in [0.15, 0.2) is 0 Å². The number of nitrogens with one attached hydrogen (secondary N) is 1. The van der Waals surface area contributed by atoms with Crippen molar-refractivity contribution < 1.29 is 4.74 Å². The second-order valence-corrected chi connectivity index (χ2v) is 5.29. The van der Waals surface area contributed by atoms with Crippen molar-refractivity contribution in [3.63, 3.8) is 0 Å². The van der Waals surface area contributed by atoms with Gasteiger partial charge in [0.05, 0.1) is 18.5 Å². The number of halogens is 1. The molecule has 0 aliphatic heterocycles. The van der Waals surface area contributed by atoms with E-state index < -0.39 is 0 Å². The quantitative estimate of drug-likeness (QED) is 0.870. The molecule has 0 fully saturated rings. The third kappa shape index (κ3) is 3.67. The van der Waals surface area contributed by atoms with Crippen LogP contribution in [0.4, 0.5) is 5.69 Å². The van der Waals surface area contributed by atoms with E-state index in [4.69, 9.17) is 16.3 Å². The Morgan fingerprint density at radius 1 is 1.40 bits per heavy atom. The number of benzene rings is 1. The lowest BCUT2D eigenvalue weighted by atomic mass is 10.2. The maximum absolute atomic E-state index is 6.03. The van der Waals surface area contributed by atoms with Gasteiger partial charge >= 0.3 is 0 Å². The van der Waals surface area contributed by atoms with Gasteiger partial charge in [0, 0.05) is 29.4 Å². The summed E-state index contributed by atoms with van der Waals surface area (Å²) < 4.78 is 7.52. The van der Waals surface area contributed by atoms with Crippen LogP contribution in [0.3, 0.4) is 0 Å². The van der Waals surface area contributed by atoms with Gasteiger partial charge in [-0.1, -0.05) is 11.6 Å². The first-order chi connectivity index (χ1) is 9.60. The molecule has 20 heavy (non-hydrogen) atoms. The third-order valence-corrected chi connectivity index (χ3v) is 3.14. The minimum absolute atomic E-state index is 0.369. The molecule has 108 valence electrons. The van der Waals surface area contributed by atoms with Crippen LogP contribution in [0.1, 0.15) is 32.4 Å². The molecule has 0 radical (unpaired) electrons. The lowest BCUT2D eigenvalue weighted by molar-refractivity contribution is 0.341. The normalized spacial score (nSPS) is 10.8. The highest BCUT2D eigenvalue weighted by Gasteiger charge is 2.06. The molecule has 1 aromatic carbocycles. The SMILES string of the molecule is CCOc1ccc(Cl)cc1NCc1cnn(C(C)C)c1. The molecule has 0 aliphatic rings. The smallest absolute Gasteiger partial charge is 0.142 e. The van der Waals surface area contributed by atoms with Gasteiger partial charge in [-0.2, -0.15) is 5.10 Å². The van der Waals surface area contributed by atoms with E-state index in [0.29, 0.717) is 24.2 Å². The zero-order chi connectivity index (χ0) is 14.5. The van der Waals surface area contributed by atoms with Gasteiger partial charge in [0.1, 0.15) is 5.75 Å². The summed E-state index contributed by atoms with van der Waals surface area (Å²) in [6.07, 6.45) is 3.92. The minimum Gasteiger partial charge on any atom is -0.492 e. The van der Waals surface area contributed by atoms with Crippen LogP contribution in [0, 0.1) is 0 Å². The van der Waals surface area contributed by atoms with Crippen molar-refractivity contribution in [3.05, 3.63) is 41.2 Å². The zero-order valence-corrected chi connectivity index (χ0v) is 12.8. The van der Waals surface area contributed by atoms with Gasteiger partial charge < -0.3 is 10.1 Å². The Morgan fingerprint density at radius 3 is 2.85 bits per heavy atom. The highest BCUT2D eigenvalue weighted by atomic mass is 35.5. The van der Waals surface area contributed by atoms with E-state index in [9.17, 15) is 0 Å². The molecular formula is C15H20ClN3O. The number of hydrogen-bond donors (Lipinski definition) is 1. The Labute approximate surface area is 124 Å². The van der Waals surface area contributed by atoms with Crippen LogP contribution in [-0.4, -0.2) is 16.4 Å². The monoisotopic (exact) mass is 293 g/mol. The van der Waals surface area contributed by atoms with Gasteiger partial charge in [0.25, 0.3) is 0 Å². The van der Waals surface area contributed by atoms with E-state index in [-0.39, 0.29) is 0 Å². The predicted molar refractivity (Wildman–Crippen MR) is 82.6 cm³/mol. The molecule has 2 aromatic rings. The van der Waals surface area contributed by atoms with E-state index in [1.165, 1.54) is 0 Å². The number of hydrogen-bond acceptors (Lipinski definition) is 3. The fourth-order valence-electron chi connectivity index (χ4n) is 1.87. The van der Waals surface area contributed by atoms with Crippen molar-refractivity contribution in [2.24, 2.45) is 0 Å².